The summed E-state index contributed by atoms with van der Waals surface area (Å²) in [4.78, 5) is 19.2. The Morgan fingerprint density at radius 3 is 2.74 bits per heavy atom. The number of thiazole rings is 1. The second-order valence-electron chi connectivity index (χ2n) is 5.97. The molecule has 2 aliphatic heterocycles. The summed E-state index contributed by atoms with van der Waals surface area (Å²) in [6.07, 6.45) is 7.16. The maximum Gasteiger partial charge on any atom is 0.243 e. The molecule has 0 aliphatic carbocycles. The third-order valence-electron chi connectivity index (χ3n) is 4.24. The highest BCUT2D eigenvalue weighted by atomic mass is 35.5. The number of hydrogen-bond acceptors (Lipinski definition) is 5. The first-order chi connectivity index (χ1) is 10.3. The van der Waals surface area contributed by atoms with Crippen LogP contribution < -0.4 is 10.6 Å². The smallest absolute Gasteiger partial charge is 0.243 e. The molecule has 2 aliphatic rings. The molecular weight excluding hydrogens is 355 g/mol. The Bertz CT molecular complexity index is 474. The van der Waals surface area contributed by atoms with E-state index in [1.807, 2.05) is 0 Å². The Labute approximate surface area is 154 Å². The van der Waals surface area contributed by atoms with Crippen LogP contribution in [0.4, 0.5) is 5.13 Å². The largest absolute Gasteiger partial charge is 0.306 e. The molecule has 2 N–H and O–H groups in total. The van der Waals surface area contributed by atoms with Gasteiger partial charge < -0.3 is 10.6 Å². The fourth-order valence-electron chi connectivity index (χ4n) is 3.05. The van der Waals surface area contributed by atoms with Crippen molar-refractivity contribution in [3.63, 3.8) is 0 Å². The number of carbonyl (C=O) groups excluding carboxylic acids is 1. The van der Waals surface area contributed by atoms with Gasteiger partial charge in [0.1, 0.15) is 0 Å². The second-order valence-corrected chi connectivity index (χ2v) is 6.83. The van der Waals surface area contributed by atoms with E-state index < -0.39 is 0 Å². The molecule has 0 bridgehead atoms. The van der Waals surface area contributed by atoms with Crippen LogP contribution in [0.15, 0.2) is 5.38 Å². The number of carbonyl (C=O) groups is 1. The minimum absolute atomic E-state index is 0. The van der Waals surface area contributed by atoms with Gasteiger partial charge in [0.2, 0.25) is 5.91 Å². The highest BCUT2D eigenvalue weighted by molar-refractivity contribution is 7.13. The molecule has 1 aromatic rings. The van der Waals surface area contributed by atoms with Crippen molar-refractivity contribution < 1.29 is 4.79 Å². The number of amides is 1. The van der Waals surface area contributed by atoms with Crippen molar-refractivity contribution in [3.05, 3.63) is 11.1 Å². The van der Waals surface area contributed by atoms with Crippen molar-refractivity contribution in [2.75, 3.05) is 25.0 Å². The molecule has 1 unspecified atom stereocenters. The van der Waals surface area contributed by atoms with Gasteiger partial charge in [-0.1, -0.05) is 12.8 Å². The third-order valence-corrected chi connectivity index (χ3v) is 5.05. The third kappa shape index (κ3) is 6.19. The first-order valence-electron chi connectivity index (χ1n) is 8.02. The first kappa shape index (κ1) is 20.6. The minimum atomic E-state index is -0.0480. The molecule has 0 saturated carbocycles. The van der Waals surface area contributed by atoms with E-state index in [1.54, 1.807) is 0 Å². The number of piperidine rings is 2. The van der Waals surface area contributed by atoms with Crippen LogP contribution in [0.2, 0.25) is 0 Å². The summed E-state index contributed by atoms with van der Waals surface area (Å²) in [5, 5.41) is 9.03. The summed E-state index contributed by atoms with van der Waals surface area (Å²) in [5.41, 5.74) is 1.08. The van der Waals surface area contributed by atoms with Crippen LogP contribution in [0.1, 0.15) is 44.2 Å². The highest BCUT2D eigenvalue weighted by Crippen LogP contribution is 2.19. The van der Waals surface area contributed by atoms with Gasteiger partial charge in [-0.25, -0.2) is 4.98 Å². The molecule has 8 heteroatoms. The molecule has 2 saturated heterocycles. The fourth-order valence-corrected chi connectivity index (χ4v) is 3.76. The number of anilines is 1. The summed E-state index contributed by atoms with van der Waals surface area (Å²) in [6, 6.07) is -0.0480. The van der Waals surface area contributed by atoms with E-state index in [0.29, 0.717) is 0 Å². The Balaban J connectivity index is 0.00000132. The zero-order valence-electron chi connectivity index (χ0n) is 13.3. The van der Waals surface area contributed by atoms with Crippen LogP contribution in [0.5, 0.6) is 0 Å². The van der Waals surface area contributed by atoms with E-state index in [0.717, 1.165) is 36.8 Å². The number of nitrogens with one attached hydrogen (secondary N) is 2. The summed E-state index contributed by atoms with van der Waals surface area (Å²) < 4.78 is 0. The zero-order chi connectivity index (χ0) is 14.5. The van der Waals surface area contributed by atoms with E-state index in [4.69, 9.17) is 0 Å². The molecule has 0 radical (unpaired) electrons. The lowest BCUT2D eigenvalue weighted by Gasteiger charge is -2.25. The molecule has 0 spiro atoms. The minimum Gasteiger partial charge on any atom is -0.306 e. The van der Waals surface area contributed by atoms with E-state index in [2.05, 4.69) is 25.9 Å². The number of nitrogens with zero attached hydrogens (tertiary/aromatic N) is 2. The van der Waals surface area contributed by atoms with Crippen LogP contribution in [0.25, 0.3) is 0 Å². The molecule has 3 rings (SSSR count). The van der Waals surface area contributed by atoms with Gasteiger partial charge in [-0.15, -0.1) is 36.2 Å². The van der Waals surface area contributed by atoms with Gasteiger partial charge in [-0.05, 0) is 45.3 Å². The van der Waals surface area contributed by atoms with Gasteiger partial charge in [0.05, 0.1) is 11.7 Å². The van der Waals surface area contributed by atoms with Gasteiger partial charge in [-0.3, -0.25) is 9.69 Å². The molecule has 3 heterocycles. The van der Waals surface area contributed by atoms with Crippen LogP contribution in [-0.4, -0.2) is 41.5 Å². The molecular formula is C15H26Cl2N4OS. The predicted molar refractivity (Wildman–Crippen MR) is 100 cm³/mol. The van der Waals surface area contributed by atoms with E-state index in [1.165, 1.54) is 50.1 Å². The lowest BCUT2D eigenvalue weighted by Crippen LogP contribution is -2.43. The van der Waals surface area contributed by atoms with Crippen LogP contribution >= 0.6 is 36.2 Å². The summed E-state index contributed by atoms with van der Waals surface area (Å²) in [7, 11) is 0. The van der Waals surface area contributed by atoms with Gasteiger partial charge in [0.15, 0.2) is 5.13 Å². The Hall–Kier alpha value is -0.400. The van der Waals surface area contributed by atoms with Crippen LogP contribution in [0.3, 0.4) is 0 Å². The molecule has 5 nitrogen and oxygen atoms in total. The molecule has 2 fully saturated rings. The molecule has 23 heavy (non-hydrogen) atoms. The first-order valence-corrected chi connectivity index (χ1v) is 8.90. The SMILES string of the molecule is Cl.Cl.O=C(Nc1nc(CN2CCCCC2)cs1)C1CCCCN1. The van der Waals surface area contributed by atoms with Gasteiger partial charge >= 0.3 is 0 Å². The summed E-state index contributed by atoms with van der Waals surface area (Å²) in [5.74, 6) is 0.0635. The lowest BCUT2D eigenvalue weighted by molar-refractivity contribution is -0.118. The van der Waals surface area contributed by atoms with Crippen molar-refractivity contribution in [1.82, 2.24) is 15.2 Å². The predicted octanol–water partition coefficient (Wildman–Crippen LogP) is 3.05. The number of halogens is 2. The standard InChI is InChI=1S/C15H24N4OS.2ClH/c20-14(13-6-2-3-7-16-13)18-15-17-12(11-21-15)10-19-8-4-1-5-9-19;;/h11,13,16H,1-10H2,(H,17,18,20);2*1H. The normalized spacial score (nSPS) is 21.8. The Kier molecular flexibility index (Phi) is 9.39. The topological polar surface area (TPSA) is 57.3 Å². The van der Waals surface area contributed by atoms with Crippen molar-refractivity contribution in [1.29, 1.82) is 0 Å². The Morgan fingerprint density at radius 1 is 1.26 bits per heavy atom. The summed E-state index contributed by atoms with van der Waals surface area (Å²) in [6.45, 7) is 4.20. The van der Waals surface area contributed by atoms with Crippen molar-refractivity contribution in [2.45, 2.75) is 51.1 Å². The van der Waals surface area contributed by atoms with Crippen LogP contribution in [-0.2, 0) is 11.3 Å². The van der Waals surface area contributed by atoms with E-state index in [9.17, 15) is 4.79 Å². The fraction of sp³-hybridized carbons (Fsp3) is 0.733. The molecule has 1 amide bonds. The van der Waals surface area contributed by atoms with E-state index in [-0.39, 0.29) is 36.8 Å². The van der Waals surface area contributed by atoms with E-state index >= 15 is 0 Å². The number of aromatic nitrogens is 1. The van der Waals surface area contributed by atoms with Gasteiger partial charge in [0, 0.05) is 11.9 Å². The van der Waals surface area contributed by atoms with Crippen molar-refractivity contribution in [2.24, 2.45) is 0 Å². The molecule has 132 valence electrons. The maximum absolute atomic E-state index is 12.1. The quantitative estimate of drug-likeness (QED) is 0.842. The molecule has 1 aromatic heterocycles. The van der Waals surface area contributed by atoms with Crippen molar-refractivity contribution >= 4 is 47.2 Å². The lowest BCUT2D eigenvalue weighted by atomic mass is 10.0. The Morgan fingerprint density at radius 2 is 2.04 bits per heavy atom. The van der Waals surface area contributed by atoms with Gasteiger partial charge in [0.25, 0.3) is 0 Å². The highest BCUT2D eigenvalue weighted by Gasteiger charge is 2.21. The average Bonchev–Trinajstić information content (AvgIpc) is 2.96. The monoisotopic (exact) mass is 380 g/mol. The number of hydrogen-bond donors (Lipinski definition) is 2. The summed E-state index contributed by atoms with van der Waals surface area (Å²) >= 11 is 1.53. The number of rotatable bonds is 4. The molecule has 0 aromatic carbocycles. The van der Waals surface area contributed by atoms with Crippen LogP contribution in [0, 0.1) is 0 Å². The second kappa shape index (κ2) is 10.5. The zero-order valence-corrected chi connectivity index (χ0v) is 15.7. The number of likely N-dealkylation sites (tertiary alicyclic amines) is 1. The van der Waals surface area contributed by atoms with Gasteiger partial charge in [-0.2, -0.15) is 0 Å². The average molecular weight is 381 g/mol. The van der Waals surface area contributed by atoms with Crippen molar-refractivity contribution in [3.8, 4) is 0 Å². The molecule has 1 atom stereocenters. The maximum atomic E-state index is 12.1.